The van der Waals surface area contributed by atoms with Crippen LogP contribution in [0.4, 0.5) is 0 Å². The van der Waals surface area contributed by atoms with Gasteiger partial charge in [-0.05, 0) is 47.4 Å². The van der Waals surface area contributed by atoms with E-state index in [4.69, 9.17) is 0 Å². The van der Waals surface area contributed by atoms with Gasteiger partial charge >= 0.3 is 0 Å². The highest BCUT2D eigenvalue weighted by molar-refractivity contribution is 7.99. The molecule has 0 spiro atoms. The van der Waals surface area contributed by atoms with E-state index < -0.39 is 0 Å². The van der Waals surface area contributed by atoms with E-state index >= 15 is 0 Å². The molecule has 1 amide bonds. The van der Waals surface area contributed by atoms with E-state index in [1.165, 1.54) is 24.6 Å². The van der Waals surface area contributed by atoms with E-state index in [1.54, 1.807) is 0 Å². The van der Waals surface area contributed by atoms with Crippen molar-refractivity contribution >= 4 is 17.7 Å². The van der Waals surface area contributed by atoms with Gasteiger partial charge in [0.1, 0.15) is 0 Å². The van der Waals surface area contributed by atoms with Crippen molar-refractivity contribution in [2.75, 3.05) is 12.3 Å². The Morgan fingerprint density at radius 2 is 2.04 bits per heavy atom. The Bertz CT molecular complexity index is 902. The Hall–Kier alpha value is -2.68. The summed E-state index contributed by atoms with van der Waals surface area (Å²) in [5.41, 5.74) is 2.11. The van der Waals surface area contributed by atoms with Crippen molar-refractivity contribution in [1.82, 2.24) is 35.3 Å². The van der Waals surface area contributed by atoms with Crippen molar-refractivity contribution < 1.29 is 4.79 Å². The maximum absolute atomic E-state index is 12.2. The normalized spacial score (nSPS) is 14.4. The van der Waals surface area contributed by atoms with Crippen LogP contribution in [0, 0.1) is 0 Å². The van der Waals surface area contributed by atoms with Crippen LogP contribution in [0.3, 0.4) is 0 Å². The predicted molar refractivity (Wildman–Crippen MR) is 106 cm³/mol. The summed E-state index contributed by atoms with van der Waals surface area (Å²) in [5.74, 6) is 0.303. The molecule has 4 rings (SSSR count). The summed E-state index contributed by atoms with van der Waals surface area (Å²) < 4.78 is 3.72. The average Bonchev–Trinajstić information content (AvgIpc) is 3.48. The third kappa shape index (κ3) is 4.59. The van der Waals surface area contributed by atoms with Crippen LogP contribution in [0.1, 0.15) is 37.3 Å². The first kappa shape index (κ1) is 18.7. The second-order valence-electron chi connectivity index (χ2n) is 6.86. The number of hydrogen-bond donors (Lipinski definition) is 1. The van der Waals surface area contributed by atoms with Gasteiger partial charge in [-0.3, -0.25) is 4.79 Å². The van der Waals surface area contributed by atoms with Crippen molar-refractivity contribution in [3.63, 3.8) is 0 Å². The molecule has 1 saturated carbocycles. The Morgan fingerprint density at radius 3 is 2.86 bits per heavy atom. The number of amides is 1. The number of para-hydroxylation sites is 1. The minimum Gasteiger partial charge on any atom is -0.355 e. The lowest BCUT2D eigenvalue weighted by molar-refractivity contribution is -0.118. The quantitative estimate of drug-likeness (QED) is 0.587. The summed E-state index contributed by atoms with van der Waals surface area (Å²) in [7, 11) is 0. The molecular formula is C19H23N7OS. The summed E-state index contributed by atoms with van der Waals surface area (Å²) in [4.78, 5) is 12.2. The molecule has 2 heterocycles. The predicted octanol–water partition coefficient (Wildman–Crippen LogP) is 2.42. The number of thioether (sulfide) groups is 1. The lowest BCUT2D eigenvalue weighted by Gasteiger charge is -2.10. The van der Waals surface area contributed by atoms with Crippen LogP contribution in [0.15, 0.2) is 47.9 Å². The molecule has 1 aliphatic rings. The minimum atomic E-state index is -0.0126. The Morgan fingerprint density at radius 1 is 1.21 bits per heavy atom. The molecule has 146 valence electrons. The van der Waals surface area contributed by atoms with Gasteiger partial charge in [0.15, 0.2) is 0 Å². The van der Waals surface area contributed by atoms with Crippen LogP contribution in [0.5, 0.6) is 0 Å². The van der Waals surface area contributed by atoms with Crippen molar-refractivity contribution in [2.24, 2.45) is 0 Å². The van der Waals surface area contributed by atoms with E-state index in [0.717, 1.165) is 35.7 Å². The van der Waals surface area contributed by atoms with Gasteiger partial charge in [-0.2, -0.15) is 5.10 Å². The lowest BCUT2D eigenvalue weighted by atomic mass is 10.2. The number of carbonyl (C=O) groups is 1. The molecule has 9 heteroatoms. The first-order chi connectivity index (χ1) is 13.8. The van der Waals surface area contributed by atoms with Crippen molar-refractivity contribution in [1.29, 1.82) is 0 Å². The molecule has 0 radical (unpaired) electrons. The van der Waals surface area contributed by atoms with E-state index in [0.29, 0.717) is 18.3 Å². The third-order valence-corrected chi connectivity index (χ3v) is 5.79. The number of hydrogen-bond acceptors (Lipinski definition) is 6. The number of tetrazole rings is 1. The van der Waals surface area contributed by atoms with Crippen LogP contribution in [-0.4, -0.2) is 48.2 Å². The SMILES string of the molecule is O=C(CSc1nnnn1C1CCCC1)NCCc1cnn(-c2ccccc2)c1. The molecule has 0 bridgehead atoms. The van der Waals surface area contributed by atoms with Crippen LogP contribution in [0.25, 0.3) is 5.69 Å². The highest BCUT2D eigenvalue weighted by atomic mass is 32.2. The lowest BCUT2D eigenvalue weighted by Crippen LogP contribution is -2.27. The Balaban J connectivity index is 1.21. The monoisotopic (exact) mass is 397 g/mol. The van der Waals surface area contributed by atoms with Gasteiger partial charge in [-0.25, -0.2) is 9.36 Å². The molecule has 1 aromatic carbocycles. The Kier molecular flexibility index (Phi) is 6.01. The van der Waals surface area contributed by atoms with Crippen LogP contribution in [-0.2, 0) is 11.2 Å². The molecule has 1 N–H and O–H groups in total. The number of rotatable bonds is 8. The molecule has 28 heavy (non-hydrogen) atoms. The fraction of sp³-hybridized carbons (Fsp3) is 0.421. The second-order valence-corrected chi connectivity index (χ2v) is 7.80. The molecule has 1 fully saturated rings. The number of aromatic nitrogens is 6. The van der Waals surface area contributed by atoms with Gasteiger partial charge in [-0.15, -0.1) is 5.10 Å². The van der Waals surface area contributed by atoms with Crippen LogP contribution < -0.4 is 5.32 Å². The summed E-state index contributed by atoms with van der Waals surface area (Å²) in [6, 6.07) is 10.3. The van der Waals surface area contributed by atoms with Gasteiger partial charge in [0, 0.05) is 12.7 Å². The largest absolute Gasteiger partial charge is 0.355 e. The minimum absolute atomic E-state index is 0.0126. The highest BCUT2D eigenvalue weighted by Crippen LogP contribution is 2.31. The summed E-state index contributed by atoms with van der Waals surface area (Å²) in [6.07, 6.45) is 9.23. The second kappa shape index (κ2) is 9.01. The third-order valence-electron chi connectivity index (χ3n) is 4.86. The van der Waals surface area contributed by atoms with Crippen LogP contribution >= 0.6 is 11.8 Å². The molecule has 1 aliphatic carbocycles. The van der Waals surface area contributed by atoms with Gasteiger partial charge < -0.3 is 5.32 Å². The molecule has 8 nitrogen and oxygen atoms in total. The molecule has 0 atom stereocenters. The average molecular weight is 398 g/mol. The summed E-state index contributed by atoms with van der Waals surface area (Å²) in [5, 5.41) is 20.0. The number of nitrogens with one attached hydrogen (secondary N) is 1. The van der Waals surface area contributed by atoms with E-state index in [1.807, 2.05) is 52.1 Å². The van der Waals surface area contributed by atoms with E-state index in [2.05, 4.69) is 25.9 Å². The highest BCUT2D eigenvalue weighted by Gasteiger charge is 2.22. The zero-order valence-corrected chi connectivity index (χ0v) is 16.4. The summed E-state index contributed by atoms with van der Waals surface area (Å²) in [6.45, 7) is 0.577. The van der Waals surface area contributed by atoms with Gasteiger partial charge in [0.05, 0.1) is 23.7 Å². The molecule has 0 aliphatic heterocycles. The molecule has 0 unspecified atom stereocenters. The van der Waals surface area contributed by atoms with Crippen molar-refractivity contribution in [3.05, 3.63) is 48.3 Å². The molecule has 0 saturated heterocycles. The fourth-order valence-corrected chi connectivity index (χ4v) is 4.17. The molecule has 3 aromatic rings. The fourth-order valence-electron chi connectivity index (χ4n) is 3.40. The number of carbonyl (C=O) groups excluding carboxylic acids is 1. The first-order valence-corrected chi connectivity index (χ1v) is 10.5. The van der Waals surface area contributed by atoms with Gasteiger partial charge in [0.2, 0.25) is 11.1 Å². The van der Waals surface area contributed by atoms with E-state index in [9.17, 15) is 4.79 Å². The maximum Gasteiger partial charge on any atom is 0.230 e. The van der Waals surface area contributed by atoms with Gasteiger partial charge in [-0.1, -0.05) is 42.8 Å². The zero-order valence-electron chi connectivity index (χ0n) is 15.6. The van der Waals surface area contributed by atoms with Gasteiger partial charge in [0.25, 0.3) is 0 Å². The number of nitrogens with zero attached hydrogens (tertiary/aromatic N) is 6. The first-order valence-electron chi connectivity index (χ1n) is 9.56. The number of benzene rings is 1. The smallest absolute Gasteiger partial charge is 0.230 e. The van der Waals surface area contributed by atoms with Crippen molar-refractivity contribution in [3.8, 4) is 5.69 Å². The van der Waals surface area contributed by atoms with E-state index in [-0.39, 0.29) is 5.91 Å². The Labute approximate surface area is 167 Å². The summed E-state index contributed by atoms with van der Waals surface area (Å²) >= 11 is 1.39. The van der Waals surface area contributed by atoms with Crippen molar-refractivity contribution in [2.45, 2.75) is 43.3 Å². The maximum atomic E-state index is 12.2. The molecule has 2 aromatic heterocycles. The van der Waals surface area contributed by atoms with Crippen LogP contribution in [0.2, 0.25) is 0 Å². The topological polar surface area (TPSA) is 90.5 Å². The zero-order chi connectivity index (χ0) is 19.2. The standard InChI is InChI=1S/C19H23N7OS/c27-18(14-28-19-22-23-24-26(19)17-8-4-5-9-17)20-11-10-15-12-21-25(13-15)16-6-2-1-3-7-16/h1-3,6-7,12-13,17H,4-5,8-11,14H2,(H,20,27). The molecular weight excluding hydrogens is 374 g/mol.